The van der Waals surface area contributed by atoms with Gasteiger partial charge in [0.15, 0.2) is 5.76 Å². The van der Waals surface area contributed by atoms with Crippen LogP contribution in [0.1, 0.15) is 13.8 Å². The number of benzene rings is 2. The van der Waals surface area contributed by atoms with Crippen molar-refractivity contribution in [3.05, 3.63) is 46.6 Å². The Hall–Kier alpha value is -3.47. The van der Waals surface area contributed by atoms with Crippen LogP contribution in [0.3, 0.4) is 0 Å². The van der Waals surface area contributed by atoms with E-state index in [4.69, 9.17) is 23.4 Å². The fraction of sp³-hybridized carbons (Fsp3) is 0.444. The molecule has 2 aromatic carbocycles. The van der Waals surface area contributed by atoms with E-state index in [1.54, 1.807) is 0 Å². The van der Waals surface area contributed by atoms with Crippen LogP contribution in [0.5, 0.6) is 23.0 Å². The molecule has 0 bridgehead atoms. The molecule has 5 rings (SSSR count). The second kappa shape index (κ2) is 11.1. The summed E-state index contributed by atoms with van der Waals surface area (Å²) in [6.45, 7) is 2.90. The number of phenolic OH excluding ortho intramolecular Hbond substituents is 2. The van der Waals surface area contributed by atoms with Crippen molar-refractivity contribution >= 4 is 11.0 Å². The predicted octanol–water partition coefficient (Wildman–Crippen LogP) is -0.716. The van der Waals surface area contributed by atoms with E-state index in [2.05, 4.69) is 0 Å². The van der Waals surface area contributed by atoms with Gasteiger partial charge in [-0.25, -0.2) is 0 Å². The molecule has 1 aromatic heterocycles. The normalized spacial score (nSPS) is 34.0. The highest BCUT2D eigenvalue weighted by Crippen LogP contribution is 2.38. The largest absolute Gasteiger partial charge is 0.508 e. The van der Waals surface area contributed by atoms with Gasteiger partial charge in [0.25, 0.3) is 0 Å². The van der Waals surface area contributed by atoms with Crippen molar-refractivity contribution in [1.82, 2.24) is 0 Å². The fourth-order valence-electron chi connectivity index (χ4n) is 4.71. The molecule has 0 spiro atoms. The molecule has 2 saturated heterocycles. The highest BCUT2D eigenvalue weighted by molar-refractivity contribution is 5.88. The zero-order chi connectivity index (χ0) is 29.7. The highest BCUT2D eigenvalue weighted by Gasteiger charge is 2.45. The van der Waals surface area contributed by atoms with Gasteiger partial charge in [0.2, 0.25) is 23.8 Å². The van der Waals surface area contributed by atoms with Gasteiger partial charge in [0, 0.05) is 17.7 Å². The molecule has 2 fully saturated rings. The van der Waals surface area contributed by atoms with Crippen LogP contribution in [0.25, 0.3) is 22.3 Å². The number of phenols is 2. The van der Waals surface area contributed by atoms with E-state index in [-0.39, 0.29) is 33.8 Å². The fourth-order valence-corrected chi connectivity index (χ4v) is 4.71. The van der Waals surface area contributed by atoms with E-state index >= 15 is 0 Å². The van der Waals surface area contributed by atoms with Crippen molar-refractivity contribution in [2.24, 2.45) is 0 Å². The molecular formula is C27H30O14. The average molecular weight is 579 g/mol. The molecule has 14 heteroatoms. The highest BCUT2D eigenvalue weighted by atomic mass is 16.7. The SMILES string of the molecule is C[C@@H]1O[C@@H](Oc2c(-c3ccc(O)cc3)oc3cc(O[C@@H]4O[C@H](C)[C@H](O)[C@@H](O)[C@@H]4O)cc(O)c3c2=O)[C@H](O)[C@H](O)[C@H]1O. The molecule has 3 aromatic rings. The summed E-state index contributed by atoms with van der Waals surface area (Å²) >= 11 is 0. The minimum Gasteiger partial charge on any atom is -0.508 e. The molecule has 222 valence electrons. The van der Waals surface area contributed by atoms with Gasteiger partial charge in [-0.15, -0.1) is 0 Å². The van der Waals surface area contributed by atoms with Crippen LogP contribution in [0.4, 0.5) is 0 Å². The molecule has 0 amide bonds. The minimum absolute atomic E-state index is 0.0859. The summed E-state index contributed by atoms with van der Waals surface area (Å²) < 4.78 is 28.2. The van der Waals surface area contributed by atoms with Crippen LogP contribution in [-0.2, 0) is 9.47 Å². The van der Waals surface area contributed by atoms with Gasteiger partial charge in [-0.05, 0) is 38.1 Å². The Balaban J connectivity index is 1.58. The number of hydrogen-bond donors (Lipinski definition) is 8. The van der Waals surface area contributed by atoms with E-state index < -0.39 is 78.3 Å². The number of ether oxygens (including phenoxy) is 4. The third-order valence-corrected chi connectivity index (χ3v) is 7.14. The van der Waals surface area contributed by atoms with Crippen LogP contribution in [0, 0.1) is 0 Å². The molecule has 14 nitrogen and oxygen atoms in total. The molecule has 0 unspecified atom stereocenters. The summed E-state index contributed by atoms with van der Waals surface area (Å²) in [7, 11) is 0. The van der Waals surface area contributed by atoms with Gasteiger partial charge in [-0.1, -0.05) is 0 Å². The molecule has 0 saturated carbocycles. The topological polar surface area (TPSA) is 229 Å². The first-order valence-corrected chi connectivity index (χ1v) is 12.7. The maximum Gasteiger partial charge on any atom is 0.239 e. The molecule has 8 N–H and O–H groups in total. The van der Waals surface area contributed by atoms with Crippen LogP contribution in [0.15, 0.2) is 45.6 Å². The minimum atomic E-state index is -1.76. The van der Waals surface area contributed by atoms with E-state index in [0.29, 0.717) is 0 Å². The molecule has 41 heavy (non-hydrogen) atoms. The monoisotopic (exact) mass is 578 g/mol. The van der Waals surface area contributed by atoms with Crippen molar-refractivity contribution < 1.29 is 64.2 Å². The molecule has 2 aliphatic heterocycles. The summed E-state index contributed by atoms with van der Waals surface area (Å²) in [5.74, 6) is -1.55. The first-order valence-electron chi connectivity index (χ1n) is 12.7. The first kappa shape index (κ1) is 29.0. The van der Waals surface area contributed by atoms with E-state index in [0.717, 1.165) is 6.07 Å². The van der Waals surface area contributed by atoms with Crippen LogP contribution < -0.4 is 14.9 Å². The lowest BCUT2D eigenvalue weighted by molar-refractivity contribution is -0.268. The van der Waals surface area contributed by atoms with E-state index in [1.165, 1.54) is 44.2 Å². The van der Waals surface area contributed by atoms with Crippen LogP contribution in [0.2, 0.25) is 0 Å². The number of fused-ring (bicyclic) bond motifs is 1. The number of rotatable bonds is 5. The number of hydrogen-bond acceptors (Lipinski definition) is 14. The van der Waals surface area contributed by atoms with Crippen LogP contribution in [-0.4, -0.2) is 102 Å². The lowest BCUT2D eigenvalue weighted by Gasteiger charge is -2.39. The Kier molecular flexibility index (Phi) is 7.84. The number of aliphatic hydroxyl groups excluding tert-OH is 6. The predicted molar refractivity (Wildman–Crippen MR) is 137 cm³/mol. The van der Waals surface area contributed by atoms with E-state index in [9.17, 15) is 45.6 Å². The van der Waals surface area contributed by atoms with Gasteiger partial charge in [-0.3, -0.25) is 4.79 Å². The van der Waals surface area contributed by atoms with Crippen molar-refractivity contribution in [2.75, 3.05) is 0 Å². The third-order valence-electron chi connectivity index (χ3n) is 7.14. The molecule has 0 aliphatic carbocycles. The third kappa shape index (κ3) is 5.31. The van der Waals surface area contributed by atoms with Crippen molar-refractivity contribution in [3.63, 3.8) is 0 Å². The summed E-state index contributed by atoms with van der Waals surface area (Å²) in [6, 6.07) is 7.71. The molecule has 0 radical (unpaired) electrons. The first-order chi connectivity index (χ1) is 19.4. The number of aliphatic hydroxyl groups is 6. The molecular weight excluding hydrogens is 548 g/mol. The summed E-state index contributed by atoms with van der Waals surface area (Å²) in [5, 5.41) is 81.1. The zero-order valence-corrected chi connectivity index (χ0v) is 21.8. The quantitative estimate of drug-likeness (QED) is 0.187. The second-order valence-corrected chi connectivity index (χ2v) is 10.1. The van der Waals surface area contributed by atoms with Gasteiger partial charge in [0.05, 0.1) is 12.2 Å². The van der Waals surface area contributed by atoms with Crippen LogP contribution >= 0.6 is 0 Å². The Morgan fingerprint density at radius 3 is 1.80 bits per heavy atom. The Bertz CT molecular complexity index is 1460. The standard InChI is InChI=1S/C27H30O14/c1-9-17(30)20(33)22(35)26(37-9)39-13-7-14(29)16-15(8-13)40-24(11-3-5-12(28)6-4-11)25(19(16)32)41-27-23(36)21(34)18(31)10(2)38-27/h3-10,17-18,20-23,26-31,33-36H,1-2H3/t9-,10+,17+,18+,20-,21-,22+,23-,26+,27+/m1/s1. The van der Waals surface area contributed by atoms with Crippen molar-refractivity contribution in [2.45, 2.75) is 75.3 Å². The van der Waals surface area contributed by atoms with Gasteiger partial charge in [-0.2, -0.15) is 0 Å². The number of aromatic hydroxyl groups is 2. The van der Waals surface area contributed by atoms with Crippen molar-refractivity contribution in [3.8, 4) is 34.3 Å². The summed E-state index contributed by atoms with van der Waals surface area (Å²) in [4.78, 5) is 13.7. The smallest absolute Gasteiger partial charge is 0.239 e. The molecule has 2 aliphatic rings. The maximum atomic E-state index is 13.7. The summed E-state index contributed by atoms with van der Waals surface area (Å²) in [6.07, 6.45) is -14.3. The van der Waals surface area contributed by atoms with Gasteiger partial charge < -0.3 is 64.2 Å². The molecule has 10 atom stereocenters. The van der Waals surface area contributed by atoms with Crippen molar-refractivity contribution in [1.29, 1.82) is 0 Å². The average Bonchev–Trinajstić information content (AvgIpc) is 2.93. The second-order valence-electron chi connectivity index (χ2n) is 10.1. The zero-order valence-electron chi connectivity index (χ0n) is 21.8. The van der Waals surface area contributed by atoms with Gasteiger partial charge in [0.1, 0.15) is 64.8 Å². The maximum absolute atomic E-state index is 13.7. The molecule has 3 heterocycles. The Morgan fingerprint density at radius 2 is 1.24 bits per heavy atom. The van der Waals surface area contributed by atoms with Gasteiger partial charge >= 0.3 is 0 Å². The lowest BCUT2D eigenvalue weighted by atomic mass is 10.00. The summed E-state index contributed by atoms with van der Waals surface area (Å²) in [5.41, 5.74) is -0.865. The lowest BCUT2D eigenvalue weighted by Crippen LogP contribution is -2.58. The Labute approximate surface area is 231 Å². The van der Waals surface area contributed by atoms with E-state index in [1.807, 2.05) is 0 Å². The Morgan fingerprint density at radius 1 is 0.707 bits per heavy atom.